The molecule has 5 rings (SSSR count). The van der Waals surface area contributed by atoms with Gasteiger partial charge in [0.25, 0.3) is 0 Å². The minimum atomic E-state index is -0.747. The number of rotatable bonds is 7. The Balaban J connectivity index is 0.00000289. The minimum absolute atomic E-state index is 0. The van der Waals surface area contributed by atoms with Crippen LogP contribution >= 0.6 is 0 Å². The van der Waals surface area contributed by atoms with E-state index in [2.05, 4.69) is 33.5 Å². The van der Waals surface area contributed by atoms with Crippen molar-refractivity contribution in [2.45, 2.75) is 12.8 Å². The Kier molecular flexibility index (Phi) is 7.80. The molecule has 35 heavy (non-hydrogen) atoms. The molecule has 2 aromatic heterocycles. The topological polar surface area (TPSA) is 103 Å². The second-order valence-corrected chi connectivity index (χ2v) is 10.1. The van der Waals surface area contributed by atoms with Crippen LogP contribution in [0, 0.1) is 0 Å². The summed E-state index contributed by atoms with van der Waals surface area (Å²) in [5.41, 5.74) is 6.44. The average molecular weight is 494 g/mol. The van der Waals surface area contributed by atoms with Crippen molar-refractivity contribution in [2.24, 2.45) is 0 Å². The molecule has 2 aromatic carbocycles. The zero-order valence-corrected chi connectivity index (χ0v) is 20.8. The van der Waals surface area contributed by atoms with E-state index in [0.29, 0.717) is 5.95 Å². The predicted octanol–water partition coefficient (Wildman–Crippen LogP) is 3.10. The first-order chi connectivity index (χ1) is 16.6. The van der Waals surface area contributed by atoms with E-state index in [0.717, 1.165) is 66.4 Å². The Morgan fingerprint density at radius 3 is 2.60 bits per heavy atom. The SMILES string of the molecule is COc1ccccc1-c1cccn2nc(Nc3ccc4c(c3)CCN(CCS(C)=O)CC4)nc12.O. The van der Waals surface area contributed by atoms with Gasteiger partial charge in [-0.25, -0.2) is 4.52 Å². The van der Waals surface area contributed by atoms with Crippen LogP contribution in [0.3, 0.4) is 0 Å². The number of nitrogens with zero attached hydrogens (tertiary/aromatic N) is 4. The molecule has 0 saturated heterocycles. The first-order valence-electron chi connectivity index (χ1n) is 11.5. The van der Waals surface area contributed by atoms with Gasteiger partial charge in [0, 0.05) is 65.5 Å². The molecule has 1 aliphatic heterocycles. The summed E-state index contributed by atoms with van der Waals surface area (Å²) in [6.07, 6.45) is 5.68. The number of fused-ring (bicyclic) bond motifs is 2. The van der Waals surface area contributed by atoms with E-state index in [-0.39, 0.29) is 5.48 Å². The quantitative estimate of drug-likeness (QED) is 0.424. The molecule has 9 heteroatoms. The van der Waals surface area contributed by atoms with Crippen molar-refractivity contribution >= 4 is 28.1 Å². The number of methoxy groups -OCH3 is 1. The summed E-state index contributed by atoms with van der Waals surface area (Å²) in [6, 6.07) is 18.5. The van der Waals surface area contributed by atoms with E-state index in [4.69, 9.17) is 9.72 Å². The van der Waals surface area contributed by atoms with E-state index in [9.17, 15) is 4.21 Å². The molecular formula is C26H31N5O3S. The van der Waals surface area contributed by atoms with E-state index in [1.165, 1.54) is 11.1 Å². The maximum Gasteiger partial charge on any atom is 0.247 e. The van der Waals surface area contributed by atoms with Crippen molar-refractivity contribution in [1.82, 2.24) is 19.5 Å². The van der Waals surface area contributed by atoms with Crippen LogP contribution in [0.2, 0.25) is 0 Å². The van der Waals surface area contributed by atoms with E-state index < -0.39 is 10.8 Å². The van der Waals surface area contributed by atoms with Gasteiger partial charge in [0.15, 0.2) is 5.65 Å². The normalized spacial score (nSPS) is 14.6. The lowest BCUT2D eigenvalue weighted by molar-refractivity contribution is 0.305. The Morgan fingerprint density at radius 2 is 1.80 bits per heavy atom. The number of hydrogen-bond acceptors (Lipinski definition) is 6. The monoisotopic (exact) mass is 493 g/mol. The highest BCUT2D eigenvalue weighted by Crippen LogP contribution is 2.32. The third kappa shape index (κ3) is 5.53. The molecule has 1 unspecified atom stereocenters. The lowest BCUT2D eigenvalue weighted by Gasteiger charge is -2.18. The molecule has 1 aliphatic rings. The van der Waals surface area contributed by atoms with Crippen LogP contribution in [0.25, 0.3) is 16.8 Å². The molecule has 0 radical (unpaired) electrons. The number of aromatic nitrogens is 3. The first-order valence-corrected chi connectivity index (χ1v) is 13.2. The van der Waals surface area contributed by atoms with Gasteiger partial charge >= 0.3 is 0 Å². The van der Waals surface area contributed by atoms with Gasteiger partial charge < -0.3 is 20.4 Å². The Hall–Kier alpha value is -3.27. The molecule has 1 atom stereocenters. The summed E-state index contributed by atoms with van der Waals surface area (Å²) >= 11 is 0. The van der Waals surface area contributed by atoms with Crippen molar-refractivity contribution < 1.29 is 14.4 Å². The van der Waals surface area contributed by atoms with Gasteiger partial charge in [-0.3, -0.25) is 4.21 Å². The molecule has 3 N–H and O–H groups in total. The van der Waals surface area contributed by atoms with Gasteiger partial charge in [0.1, 0.15) is 5.75 Å². The number of ether oxygens (including phenoxy) is 1. The van der Waals surface area contributed by atoms with Gasteiger partial charge in [0.05, 0.1) is 7.11 Å². The van der Waals surface area contributed by atoms with Crippen molar-refractivity contribution in [2.75, 3.05) is 44.1 Å². The zero-order valence-electron chi connectivity index (χ0n) is 20.0. The smallest absolute Gasteiger partial charge is 0.247 e. The summed E-state index contributed by atoms with van der Waals surface area (Å²) in [5.74, 6) is 2.10. The van der Waals surface area contributed by atoms with Gasteiger partial charge in [-0.1, -0.05) is 24.3 Å². The maximum absolute atomic E-state index is 11.5. The Labute approximate surface area is 207 Å². The summed E-state index contributed by atoms with van der Waals surface area (Å²) in [7, 11) is 0.931. The molecule has 0 saturated carbocycles. The third-order valence-corrected chi connectivity index (χ3v) is 7.07. The lowest BCUT2D eigenvalue weighted by atomic mass is 10.0. The number of pyridine rings is 1. The number of benzene rings is 2. The third-order valence-electron chi connectivity index (χ3n) is 6.31. The predicted molar refractivity (Wildman–Crippen MR) is 141 cm³/mol. The Bertz CT molecular complexity index is 1340. The van der Waals surface area contributed by atoms with Gasteiger partial charge in [-0.2, -0.15) is 4.98 Å². The van der Waals surface area contributed by atoms with Crippen molar-refractivity contribution in [3.63, 3.8) is 0 Å². The molecular weight excluding hydrogens is 462 g/mol. The molecule has 0 spiro atoms. The van der Waals surface area contributed by atoms with Crippen LogP contribution in [0.15, 0.2) is 60.8 Å². The van der Waals surface area contributed by atoms with E-state index in [1.54, 1.807) is 17.9 Å². The second-order valence-electron chi connectivity index (χ2n) is 8.55. The number of nitrogens with one attached hydrogen (secondary N) is 1. The molecule has 0 bridgehead atoms. The van der Waals surface area contributed by atoms with Gasteiger partial charge in [-0.15, -0.1) is 5.10 Å². The maximum atomic E-state index is 11.5. The highest BCUT2D eigenvalue weighted by molar-refractivity contribution is 7.84. The summed E-state index contributed by atoms with van der Waals surface area (Å²) in [6.45, 7) is 2.89. The van der Waals surface area contributed by atoms with Crippen LogP contribution < -0.4 is 10.1 Å². The number of anilines is 2. The minimum Gasteiger partial charge on any atom is -0.496 e. The molecule has 4 aromatic rings. The van der Waals surface area contributed by atoms with Gasteiger partial charge in [0.2, 0.25) is 5.95 Å². The van der Waals surface area contributed by atoms with Crippen LogP contribution in [0.4, 0.5) is 11.6 Å². The first kappa shape index (κ1) is 24.8. The van der Waals surface area contributed by atoms with Crippen molar-refractivity contribution in [3.05, 3.63) is 71.9 Å². The fourth-order valence-corrected chi connectivity index (χ4v) is 5.01. The van der Waals surface area contributed by atoms with Crippen molar-refractivity contribution in [1.29, 1.82) is 0 Å². The van der Waals surface area contributed by atoms with Crippen LogP contribution in [0.5, 0.6) is 5.75 Å². The Morgan fingerprint density at radius 1 is 1.03 bits per heavy atom. The van der Waals surface area contributed by atoms with Crippen LogP contribution in [0.1, 0.15) is 11.1 Å². The van der Waals surface area contributed by atoms with E-state index in [1.807, 2.05) is 42.6 Å². The molecule has 3 heterocycles. The fourth-order valence-electron chi connectivity index (χ4n) is 4.50. The van der Waals surface area contributed by atoms with Gasteiger partial charge in [-0.05, 0) is 54.3 Å². The number of para-hydroxylation sites is 1. The number of hydrogen-bond donors (Lipinski definition) is 1. The van der Waals surface area contributed by atoms with Crippen molar-refractivity contribution in [3.8, 4) is 16.9 Å². The standard InChI is InChI=1S/C26H29N5O2S.H2O/c1-33-24-8-4-3-6-22(24)23-7-5-13-31-25(23)28-26(29-31)27-21-10-9-19-11-14-30(16-17-34(2)32)15-12-20(19)18-21;/h3-10,13,18H,11-12,14-17H2,1-2H3,(H,27,29);1H2. The summed E-state index contributed by atoms with van der Waals surface area (Å²) in [5, 5.41) is 8.04. The molecule has 184 valence electrons. The molecule has 0 fully saturated rings. The molecule has 8 nitrogen and oxygen atoms in total. The highest BCUT2D eigenvalue weighted by Gasteiger charge is 2.16. The second kappa shape index (κ2) is 11.0. The van der Waals surface area contributed by atoms with Crippen LogP contribution in [-0.4, -0.2) is 67.9 Å². The zero-order chi connectivity index (χ0) is 23.5. The van der Waals surface area contributed by atoms with Crippen LogP contribution in [-0.2, 0) is 23.6 Å². The molecule has 0 aliphatic carbocycles. The molecule has 0 amide bonds. The van der Waals surface area contributed by atoms with E-state index >= 15 is 0 Å². The average Bonchev–Trinajstić information content (AvgIpc) is 3.15. The highest BCUT2D eigenvalue weighted by atomic mass is 32.2. The summed E-state index contributed by atoms with van der Waals surface area (Å²) in [4.78, 5) is 7.21. The summed E-state index contributed by atoms with van der Waals surface area (Å²) < 4.78 is 18.8. The fraction of sp³-hybridized carbons (Fsp3) is 0.308. The lowest BCUT2D eigenvalue weighted by Crippen LogP contribution is -2.30. The largest absolute Gasteiger partial charge is 0.496 e.